The first kappa shape index (κ1) is 10.0. The second-order valence-corrected chi connectivity index (χ2v) is 3.18. The fourth-order valence-electron chi connectivity index (χ4n) is 1.26. The highest BCUT2D eigenvalue weighted by molar-refractivity contribution is 5.27. The summed E-state index contributed by atoms with van der Waals surface area (Å²) in [6.07, 6.45) is 6.33. The molecule has 0 fully saturated rings. The van der Waals surface area contributed by atoms with Gasteiger partial charge in [0.2, 0.25) is 0 Å². The molecule has 0 atom stereocenters. The summed E-state index contributed by atoms with van der Waals surface area (Å²) in [4.78, 5) is 0. The van der Waals surface area contributed by atoms with Crippen LogP contribution in [-0.2, 0) is 6.42 Å². The van der Waals surface area contributed by atoms with E-state index < -0.39 is 0 Å². The van der Waals surface area contributed by atoms with Gasteiger partial charge in [0.15, 0.2) is 0 Å². The number of allylic oxidation sites excluding steroid dienone is 1. The summed E-state index contributed by atoms with van der Waals surface area (Å²) >= 11 is 0. The van der Waals surface area contributed by atoms with Gasteiger partial charge in [-0.25, -0.2) is 0 Å². The predicted molar refractivity (Wildman–Crippen MR) is 57.7 cm³/mol. The average Bonchev–Trinajstić information content (AvgIpc) is 2.15. The summed E-state index contributed by atoms with van der Waals surface area (Å²) in [5.41, 5.74) is 8.15. The molecule has 1 nitrogen and oxygen atoms in total. The molecule has 0 spiro atoms. The van der Waals surface area contributed by atoms with Crippen LogP contribution in [0.3, 0.4) is 0 Å². The lowest BCUT2D eigenvalue weighted by atomic mass is 10.1. The van der Waals surface area contributed by atoms with Crippen molar-refractivity contribution in [3.63, 3.8) is 0 Å². The first-order valence-electron chi connectivity index (χ1n) is 4.74. The van der Waals surface area contributed by atoms with Crippen molar-refractivity contribution < 1.29 is 0 Å². The molecule has 0 aromatic heterocycles. The molecule has 0 amide bonds. The minimum Gasteiger partial charge on any atom is -0.330 e. The zero-order valence-electron chi connectivity index (χ0n) is 8.16. The molecule has 0 unspecified atom stereocenters. The third-order valence-electron chi connectivity index (χ3n) is 2.10. The molecule has 70 valence electrons. The van der Waals surface area contributed by atoms with Crippen molar-refractivity contribution >= 4 is 0 Å². The van der Waals surface area contributed by atoms with Crippen LogP contribution in [0, 0.1) is 6.92 Å². The Labute approximate surface area is 80.3 Å². The van der Waals surface area contributed by atoms with Crippen LogP contribution < -0.4 is 5.73 Å². The normalized spacial score (nSPS) is 10.9. The second kappa shape index (κ2) is 5.55. The standard InChI is InChI=1S/C12H17N/c1-11-7-4-5-9-12(11)8-3-2-6-10-13/h2-5,7,9H,6,8,10,13H2,1H3. The molecule has 13 heavy (non-hydrogen) atoms. The van der Waals surface area contributed by atoms with Crippen molar-refractivity contribution in [3.05, 3.63) is 47.5 Å². The van der Waals surface area contributed by atoms with Crippen LogP contribution in [0.2, 0.25) is 0 Å². The molecule has 1 heteroatoms. The Morgan fingerprint density at radius 1 is 1.23 bits per heavy atom. The quantitative estimate of drug-likeness (QED) is 0.699. The molecule has 0 aliphatic heterocycles. The Morgan fingerprint density at radius 2 is 2.00 bits per heavy atom. The van der Waals surface area contributed by atoms with E-state index >= 15 is 0 Å². The highest BCUT2D eigenvalue weighted by Gasteiger charge is 1.92. The van der Waals surface area contributed by atoms with Crippen molar-refractivity contribution in [1.82, 2.24) is 0 Å². The fraction of sp³-hybridized carbons (Fsp3) is 0.333. The minimum absolute atomic E-state index is 0.740. The van der Waals surface area contributed by atoms with Crippen molar-refractivity contribution in [2.45, 2.75) is 19.8 Å². The van der Waals surface area contributed by atoms with Crippen LogP contribution in [-0.4, -0.2) is 6.54 Å². The van der Waals surface area contributed by atoms with E-state index in [-0.39, 0.29) is 0 Å². The van der Waals surface area contributed by atoms with Crippen LogP contribution >= 0.6 is 0 Å². The van der Waals surface area contributed by atoms with Crippen LogP contribution in [0.15, 0.2) is 36.4 Å². The number of aryl methyl sites for hydroxylation is 1. The van der Waals surface area contributed by atoms with Gasteiger partial charge in [-0.15, -0.1) is 0 Å². The van der Waals surface area contributed by atoms with E-state index in [9.17, 15) is 0 Å². The van der Waals surface area contributed by atoms with Gasteiger partial charge in [-0.1, -0.05) is 36.4 Å². The van der Waals surface area contributed by atoms with E-state index in [4.69, 9.17) is 5.73 Å². The summed E-state index contributed by atoms with van der Waals surface area (Å²) in [5.74, 6) is 0. The summed E-state index contributed by atoms with van der Waals surface area (Å²) in [5, 5.41) is 0. The van der Waals surface area contributed by atoms with Gasteiger partial charge in [-0.3, -0.25) is 0 Å². The summed E-state index contributed by atoms with van der Waals surface area (Å²) in [6, 6.07) is 8.47. The lowest BCUT2D eigenvalue weighted by molar-refractivity contribution is 1.00. The van der Waals surface area contributed by atoms with Gasteiger partial charge in [-0.05, 0) is 37.4 Å². The molecule has 0 aliphatic carbocycles. The molecule has 0 heterocycles. The Hall–Kier alpha value is -1.08. The first-order chi connectivity index (χ1) is 6.34. The largest absolute Gasteiger partial charge is 0.330 e. The van der Waals surface area contributed by atoms with Gasteiger partial charge in [0.25, 0.3) is 0 Å². The maximum atomic E-state index is 5.39. The molecule has 0 saturated carbocycles. The molecule has 0 aliphatic rings. The monoisotopic (exact) mass is 175 g/mol. The molecule has 2 N–H and O–H groups in total. The van der Waals surface area contributed by atoms with E-state index in [1.165, 1.54) is 11.1 Å². The Balaban J connectivity index is 2.49. The third kappa shape index (κ3) is 3.43. The van der Waals surface area contributed by atoms with Gasteiger partial charge in [0.05, 0.1) is 0 Å². The van der Waals surface area contributed by atoms with Crippen molar-refractivity contribution in [3.8, 4) is 0 Å². The van der Waals surface area contributed by atoms with Gasteiger partial charge < -0.3 is 5.73 Å². The number of hydrogen-bond acceptors (Lipinski definition) is 1. The van der Waals surface area contributed by atoms with Crippen LogP contribution in [0.1, 0.15) is 17.5 Å². The Kier molecular flexibility index (Phi) is 4.27. The van der Waals surface area contributed by atoms with Crippen LogP contribution in [0.4, 0.5) is 0 Å². The van der Waals surface area contributed by atoms with E-state index in [1.807, 2.05) is 0 Å². The number of nitrogens with two attached hydrogens (primary N) is 1. The van der Waals surface area contributed by atoms with E-state index in [1.54, 1.807) is 0 Å². The zero-order chi connectivity index (χ0) is 9.52. The van der Waals surface area contributed by atoms with Gasteiger partial charge in [0.1, 0.15) is 0 Å². The number of rotatable bonds is 4. The highest BCUT2D eigenvalue weighted by atomic mass is 14.5. The summed E-state index contributed by atoms with van der Waals surface area (Å²) < 4.78 is 0. The smallest absolute Gasteiger partial charge is 0.00426 e. The van der Waals surface area contributed by atoms with E-state index in [0.29, 0.717) is 0 Å². The summed E-state index contributed by atoms with van der Waals surface area (Å²) in [7, 11) is 0. The molecular weight excluding hydrogens is 158 g/mol. The second-order valence-electron chi connectivity index (χ2n) is 3.18. The molecular formula is C12H17N. The van der Waals surface area contributed by atoms with Crippen LogP contribution in [0.5, 0.6) is 0 Å². The molecule has 1 aromatic carbocycles. The molecule has 1 rings (SSSR count). The number of hydrogen-bond donors (Lipinski definition) is 1. The SMILES string of the molecule is Cc1ccccc1CC=CCCN. The Morgan fingerprint density at radius 3 is 2.69 bits per heavy atom. The van der Waals surface area contributed by atoms with Gasteiger partial charge in [-0.2, -0.15) is 0 Å². The van der Waals surface area contributed by atoms with Crippen LogP contribution in [0.25, 0.3) is 0 Å². The third-order valence-corrected chi connectivity index (χ3v) is 2.10. The molecule has 1 aromatic rings. The minimum atomic E-state index is 0.740. The first-order valence-corrected chi connectivity index (χ1v) is 4.74. The maximum Gasteiger partial charge on any atom is -0.00426 e. The zero-order valence-corrected chi connectivity index (χ0v) is 8.16. The fourth-order valence-corrected chi connectivity index (χ4v) is 1.26. The summed E-state index contributed by atoms with van der Waals surface area (Å²) in [6.45, 7) is 2.89. The van der Waals surface area contributed by atoms with Crippen molar-refractivity contribution in [1.29, 1.82) is 0 Å². The predicted octanol–water partition coefficient (Wildman–Crippen LogP) is 2.44. The Bertz CT molecular complexity index is 276. The van der Waals surface area contributed by atoms with Gasteiger partial charge in [0, 0.05) is 0 Å². The number of benzene rings is 1. The maximum absolute atomic E-state index is 5.39. The highest BCUT2D eigenvalue weighted by Crippen LogP contribution is 2.07. The van der Waals surface area contributed by atoms with Crippen molar-refractivity contribution in [2.24, 2.45) is 5.73 Å². The van der Waals surface area contributed by atoms with E-state index in [0.717, 1.165) is 19.4 Å². The lowest BCUT2D eigenvalue weighted by Crippen LogP contribution is -1.95. The van der Waals surface area contributed by atoms with Crippen molar-refractivity contribution in [2.75, 3.05) is 6.54 Å². The molecule has 0 saturated heterocycles. The van der Waals surface area contributed by atoms with E-state index in [2.05, 4.69) is 43.3 Å². The van der Waals surface area contributed by atoms with Gasteiger partial charge >= 0.3 is 0 Å². The lowest BCUT2D eigenvalue weighted by Gasteiger charge is -2.00. The molecule has 0 bridgehead atoms. The average molecular weight is 175 g/mol. The molecule has 0 radical (unpaired) electrons. The topological polar surface area (TPSA) is 26.0 Å².